The first kappa shape index (κ1) is 21.9. The van der Waals surface area contributed by atoms with Gasteiger partial charge in [0.25, 0.3) is 0 Å². The number of methoxy groups -OCH3 is 1. The van der Waals surface area contributed by atoms with E-state index in [2.05, 4.69) is 10.6 Å². The molecule has 0 fully saturated rings. The number of carbonyl (C=O) groups excluding carboxylic acids is 2. The van der Waals surface area contributed by atoms with Crippen molar-refractivity contribution < 1.29 is 28.6 Å². The number of halogens is 1. The summed E-state index contributed by atoms with van der Waals surface area (Å²) < 4.78 is 18.5. The molecule has 0 aliphatic rings. The van der Waals surface area contributed by atoms with Crippen LogP contribution in [-0.4, -0.2) is 42.1 Å². The minimum atomic E-state index is -1.21. The van der Waals surface area contributed by atoms with Crippen LogP contribution in [0.15, 0.2) is 48.5 Å². The van der Waals surface area contributed by atoms with E-state index in [4.69, 9.17) is 4.74 Å². The predicted molar refractivity (Wildman–Crippen MR) is 104 cm³/mol. The van der Waals surface area contributed by atoms with Crippen LogP contribution in [0.3, 0.4) is 0 Å². The van der Waals surface area contributed by atoms with Crippen LogP contribution < -0.4 is 15.4 Å². The Morgan fingerprint density at radius 3 is 2.21 bits per heavy atom. The monoisotopic (exact) mass is 402 g/mol. The topological polar surface area (TPSA) is 105 Å². The summed E-state index contributed by atoms with van der Waals surface area (Å²) in [4.78, 5) is 35.8. The van der Waals surface area contributed by atoms with Gasteiger partial charge in [-0.15, -0.1) is 0 Å². The molecule has 0 saturated carbocycles. The van der Waals surface area contributed by atoms with Gasteiger partial charge in [0.1, 0.15) is 23.7 Å². The summed E-state index contributed by atoms with van der Waals surface area (Å²) in [7, 11) is 1.52. The van der Waals surface area contributed by atoms with Crippen molar-refractivity contribution in [2.24, 2.45) is 0 Å². The summed E-state index contributed by atoms with van der Waals surface area (Å²) in [6.07, 6.45) is 0.0792. The largest absolute Gasteiger partial charge is 0.497 e. The Bertz CT molecular complexity index is 870. The minimum absolute atomic E-state index is 0.0258. The van der Waals surface area contributed by atoms with Gasteiger partial charge in [-0.2, -0.15) is 0 Å². The first-order valence-electron chi connectivity index (χ1n) is 8.96. The van der Waals surface area contributed by atoms with Gasteiger partial charge in [-0.1, -0.05) is 24.3 Å². The highest BCUT2D eigenvalue weighted by Crippen LogP contribution is 2.13. The second-order valence-corrected chi connectivity index (χ2v) is 6.54. The minimum Gasteiger partial charge on any atom is -0.497 e. The predicted octanol–water partition coefficient (Wildman–Crippen LogP) is 1.69. The zero-order chi connectivity index (χ0) is 21.4. The summed E-state index contributed by atoms with van der Waals surface area (Å²) in [6.45, 7) is 1.25. The van der Waals surface area contributed by atoms with Crippen molar-refractivity contribution in [2.75, 3.05) is 7.11 Å². The normalized spacial score (nSPS) is 12.5. The molecule has 29 heavy (non-hydrogen) atoms. The molecule has 7 nitrogen and oxygen atoms in total. The third-order valence-corrected chi connectivity index (χ3v) is 4.24. The van der Waals surface area contributed by atoms with Gasteiger partial charge in [0.2, 0.25) is 11.8 Å². The van der Waals surface area contributed by atoms with Gasteiger partial charge in [0.15, 0.2) is 0 Å². The fraction of sp³-hybridized carbons (Fsp3) is 0.286. The number of carboxylic acids is 1. The van der Waals surface area contributed by atoms with Gasteiger partial charge >= 0.3 is 5.97 Å². The second-order valence-electron chi connectivity index (χ2n) is 6.54. The number of hydrogen-bond donors (Lipinski definition) is 3. The number of benzene rings is 2. The smallest absolute Gasteiger partial charge is 0.326 e. The number of hydrogen-bond acceptors (Lipinski definition) is 4. The quantitative estimate of drug-likeness (QED) is 0.592. The Morgan fingerprint density at radius 2 is 1.66 bits per heavy atom. The molecule has 2 aromatic carbocycles. The summed E-state index contributed by atoms with van der Waals surface area (Å²) in [5.74, 6) is -2.16. The maximum atomic E-state index is 13.4. The van der Waals surface area contributed by atoms with Crippen LogP contribution in [0, 0.1) is 5.82 Å². The van der Waals surface area contributed by atoms with Crippen molar-refractivity contribution in [2.45, 2.75) is 31.8 Å². The Balaban J connectivity index is 2.12. The maximum absolute atomic E-state index is 13.4. The lowest BCUT2D eigenvalue weighted by atomic mass is 10.0. The van der Waals surface area contributed by atoms with Gasteiger partial charge < -0.3 is 20.5 Å². The molecule has 0 aliphatic carbocycles. The molecule has 0 saturated heterocycles. The average molecular weight is 402 g/mol. The van der Waals surface area contributed by atoms with Gasteiger partial charge in [-0.25, -0.2) is 9.18 Å². The van der Waals surface area contributed by atoms with Crippen LogP contribution in [0.1, 0.15) is 18.1 Å². The number of nitrogens with one attached hydrogen (secondary N) is 2. The molecule has 0 unspecified atom stereocenters. The zero-order valence-electron chi connectivity index (χ0n) is 16.1. The van der Waals surface area contributed by atoms with E-state index in [-0.39, 0.29) is 12.8 Å². The molecule has 0 spiro atoms. The van der Waals surface area contributed by atoms with Crippen LogP contribution in [-0.2, 0) is 27.2 Å². The number of ether oxygens (including phenoxy) is 1. The number of aliphatic carboxylic acids is 1. The molecule has 0 heterocycles. The molecule has 8 heteroatoms. The van der Waals surface area contributed by atoms with Crippen LogP contribution in [0.5, 0.6) is 5.75 Å². The number of carbonyl (C=O) groups is 3. The van der Waals surface area contributed by atoms with E-state index < -0.39 is 35.7 Å². The molecule has 2 amide bonds. The molecule has 0 aliphatic heterocycles. The van der Waals surface area contributed by atoms with E-state index in [0.717, 1.165) is 0 Å². The lowest BCUT2D eigenvalue weighted by molar-refractivity contribution is -0.142. The SMILES string of the molecule is COc1ccc(C[C@H](NC(=O)[C@H](Cc2cccc(F)c2)NC(C)=O)C(=O)O)cc1. The van der Waals surface area contributed by atoms with Crippen molar-refractivity contribution in [3.8, 4) is 5.75 Å². The van der Waals surface area contributed by atoms with Crippen LogP contribution >= 0.6 is 0 Å². The van der Waals surface area contributed by atoms with E-state index >= 15 is 0 Å². The molecule has 3 N–H and O–H groups in total. The summed E-state index contributed by atoms with van der Waals surface area (Å²) in [5.41, 5.74) is 1.20. The molecule has 154 valence electrons. The summed E-state index contributed by atoms with van der Waals surface area (Å²) in [5, 5.41) is 14.4. The van der Waals surface area contributed by atoms with E-state index in [0.29, 0.717) is 16.9 Å². The summed E-state index contributed by atoms with van der Waals surface area (Å²) >= 11 is 0. The lowest BCUT2D eigenvalue weighted by Gasteiger charge is -2.21. The third kappa shape index (κ3) is 6.91. The van der Waals surface area contributed by atoms with Gasteiger partial charge in [0.05, 0.1) is 7.11 Å². The first-order chi connectivity index (χ1) is 13.8. The van der Waals surface area contributed by atoms with Gasteiger partial charge in [0, 0.05) is 19.8 Å². The highest BCUT2D eigenvalue weighted by Gasteiger charge is 2.26. The number of rotatable bonds is 9. The molecule has 0 radical (unpaired) electrons. The van der Waals surface area contributed by atoms with Gasteiger partial charge in [-0.05, 0) is 35.4 Å². The number of amides is 2. The molecule has 0 aromatic heterocycles. The Hall–Kier alpha value is -3.42. The fourth-order valence-electron chi connectivity index (χ4n) is 2.82. The lowest BCUT2D eigenvalue weighted by Crippen LogP contribution is -2.52. The van der Waals surface area contributed by atoms with Crippen molar-refractivity contribution in [3.63, 3.8) is 0 Å². The maximum Gasteiger partial charge on any atom is 0.326 e. The summed E-state index contributed by atoms with van der Waals surface area (Å²) in [6, 6.07) is 10.2. The molecular weight excluding hydrogens is 379 g/mol. The van der Waals surface area contributed by atoms with Crippen molar-refractivity contribution >= 4 is 17.8 Å². The average Bonchev–Trinajstić information content (AvgIpc) is 2.67. The Kier molecular flexibility index (Phi) is 7.70. The van der Waals surface area contributed by atoms with Crippen LogP contribution in [0.2, 0.25) is 0 Å². The third-order valence-electron chi connectivity index (χ3n) is 4.24. The first-order valence-corrected chi connectivity index (χ1v) is 8.96. The fourth-order valence-corrected chi connectivity index (χ4v) is 2.82. The standard InChI is InChI=1S/C21H23FN2O5/c1-13(25)23-18(12-15-4-3-5-16(22)10-15)20(26)24-19(21(27)28)11-14-6-8-17(29-2)9-7-14/h3-10,18-19H,11-12H2,1-2H3,(H,23,25)(H,24,26)(H,27,28)/t18-,19-/m0/s1. The molecule has 2 rings (SSSR count). The zero-order valence-corrected chi connectivity index (χ0v) is 16.1. The Labute approximate surface area is 167 Å². The van der Waals surface area contributed by atoms with Crippen molar-refractivity contribution in [1.29, 1.82) is 0 Å². The van der Waals surface area contributed by atoms with Crippen LogP contribution in [0.4, 0.5) is 4.39 Å². The highest BCUT2D eigenvalue weighted by atomic mass is 19.1. The van der Waals surface area contributed by atoms with E-state index in [1.54, 1.807) is 30.3 Å². The highest BCUT2D eigenvalue weighted by molar-refractivity contribution is 5.90. The second kappa shape index (κ2) is 10.2. The molecule has 2 aromatic rings. The molecular formula is C21H23FN2O5. The van der Waals surface area contributed by atoms with Crippen molar-refractivity contribution in [3.05, 3.63) is 65.5 Å². The van der Waals surface area contributed by atoms with Crippen molar-refractivity contribution in [1.82, 2.24) is 10.6 Å². The van der Waals surface area contributed by atoms with E-state index in [1.165, 1.54) is 32.2 Å². The number of carboxylic acid groups (broad SMARTS) is 1. The molecule has 0 bridgehead atoms. The van der Waals surface area contributed by atoms with E-state index in [1.807, 2.05) is 0 Å². The van der Waals surface area contributed by atoms with Gasteiger partial charge in [-0.3, -0.25) is 9.59 Å². The molecule has 2 atom stereocenters. The van der Waals surface area contributed by atoms with E-state index in [9.17, 15) is 23.9 Å². The van der Waals surface area contributed by atoms with Crippen LogP contribution in [0.25, 0.3) is 0 Å². The Morgan fingerprint density at radius 1 is 1.00 bits per heavy atom.